The molecule has 7 nitrogen and oxygen atoms in total. The van der Waals surface area contributed by atoms with Crippen LogP contribution in [0.5, 0.6) is 0 Å². The van der Waals surface area contributed by atoms with E-state index in [-0.39, 0.29) is 23.7 Å². The molecule has 0 spiro atoms. The van der Waals surface area contributed by atoms with Crippen LogP contribution in [0.15, 0.2) is 36.7 Å². The van der Waals surface area contributed by atoms with Gasteiger partial charge in [-0.25, -0.2) is 9.07 Å². The molecule has 0 saturated carbocycles. The van der Waals surface area contributed by atoms with E-state index in [2.05, 4.69) is 15.7 Å². The first-order valence-electron chi connectivity index (χ1n) is 8.65. The van der Waals surface area contributed by atoms with Crippen molar-refractivity contribution >= 4 is 11.8 Å². The van der Waals surface area contributed by atoms with Gasteiger partial charge in [-0.1, -0.05) is 12.1 Å². The average Bonchev–Trinajstić information content (AvgIpc) is 3.26. The number of benzene rings is 1. The van der Waals surface area contributed by atoms with Crippen LogP contribution in [0.2, 0.25) is 0 Å². The first kappa shape index (κ1) is 16.7. The van der Waals surface area contributed by atoms with Crippen LogP contribution in [0.3, 0.4) is 0 Å². The zero-order valence-electron chi connectivity index (χ0n) is 14.4. The third-order valence-electron chi connectivity index (χ3n) is 4.95. The van der Waals surface area contributed by atoms with Gasteiger partial charge in [-0.3, -0.25) is 9.59 Å². The zero-order valence-corrected chi connectivity index (χ0v) is 14.4. The molecule has 8 heteroatoms. The molecule has 3 heterocycles. The van der Waals surface area contributed by atoms with Gasteiger partial charge in [0.1, 0.15) is 23.6 Å². The molecule has 0 unspecified atom stereocenters. The highest BCUT2D eigenvalue weighted by Crippen LogP contribution is 2.23. The Kier molecular flexibility index (Phi) is 4.20. The second-order valence-electron chi connectivity index (χ2n) is 6.79. The van der Waals surface area contributed by atoms with E-state index in [0.717, 1.165) is 5.56 Å². The van der Waals surface area contributed by atoms with Gasteiger partial charge >= 0.3 is 0 Å². The third-order valence-corrected chi connectivity index (χ3v) is 4.95. The van der Waals surface area contributed by atoms with Crippen LogP contribution in [-0.2, 0) is 16.1 Å². The summed E-state index contributed by atoms with van der Waals surface area (Å²) in [5, 5.41) is 10.3. The van der Waals surface area contributed by atoms with E-state index in [1.165, 1.54) is 10.7 Å². The summed E-state index contributed by atoms with van der Waals surface area (Å²) < 4.78 is 15.3. The number of carbonyl (C=O) groups excluding carboxylic acids is 2. The Balaban J connectivity index is 1.39. The van der Waals surface area contributed by atoms with Crippen molar-refractivity contribution in [2.45, 2.75) is 38.0 Å². The average molecular weight is 357 g/mol. The lowest BCUT2D eigenvalue weighted by molar-refractivity contribution is -0.146. The van der Waals surface area contributed by atoms with Crippen LogP contribution in [-0.4, -0.2) is 51.2 Å². The summed E-state index contributed by atoms with van der Waals surface area (Å²) >= 11 is 0. The number of fused-ring (bicyclic) bond motifs is 1. The van der Waals surface area contributed by atoms with Crippen LogP contribution >= 0.6 is 0 Å². The number of para-hydroxylation sites is 1. The molecule has 2 aliphatic heterocycles. The maximum absolute atomic E-state index is 13.8. The smallest absolute Gasteiger partial charge is 0.245 e. The van der Waals surface area contributed by atoms with E-state index in [9.17, 15) is 14.0 Å². The Morgan fingerprint density at radius 2 is 2.15 bits per heavy atom. The summed E-state index contributed by atoms with van der Waals surface area (Å²) in [4.78, 5) is 25.9. The van der Waals surface area contributed by atoms with Gasteiger partial charge in [-0.2, -0.15) is 5.10 Å². The Morgan fingerprint density at radius 3 is 2.96 bits per heavy atom. The van der Waals surface area contributed by atoms with Crippen molar-refractivity contribution in [2.75, 3.05) is 6.54 Å². The highest BCUT2D eigenvalue weighted by atomic mass is 19.1. The van der Waals surface area contributed by atoms with E-state index in [0.29, 0.717) is 25.2 Å². The highest BCUT2D eigenvalue weighted by Gasteiger charge is 2.44. The summed E-state index contributed by atoms with van der Waals surface area (Å²) in [6.07, 6.45) is 4.04. The van der Waals surface area contributed by atoms with E-state index in [1.807, 2.05) is 0 Å². The molecule has 26 heavy (non-hydrogen) atoms. The minimum atomic E-state index is -0.462. The summed E-state index contributed by atoms with van der Waals surface area (Å²) in [6.45, 7) is 2.75. The summed E-state index contributed by atoms with van der Waals surface area (Å²) in [7, 11) is 0. The number of aromatic nitrogens is 2. The van der Waals surface area contributed by atoms with Crippen molar-refractivity contribution in [3.8, 4) is 5.69 Å². The fourth-order valence-electron chi connectivity index (χ4n) is 3.58. The Morgan fingerprint density at radius 1 is 1.35 bits per heavy atom. The number of carbonyl (C=O) groups is 2. The molecule has 0 bridgehead atoms. The van der Waals surface area contributed by atoms with Gasteiger partial charge in [0.2, 0.25) is 11.8 Å². The van der Waals surface area contributed by atoms with Crippen molar-refractivity contribution in [3.63, 3.8) is 0 Å². The van der Waals surface area contributed by atoms with E-state index in [1.54, 1.807) is 42.4 Å². The summed E-state index contributed by atoms with van der Waals surface area (Å²) in [5.74, 6) is -0.457. The predicted molar refractivity (Wildman–Crippen MR) is 91.9 cm³/mol. The molecule has 3 atom stereocenters. The Bertz CT molecular complexity index is 852. The third kappa shape index (κ3) is 2.96. The molecule has 2 saturated heterocycles. The van der Waals surface area contributed by atoms with Gasteiger partial charge in [0.05, 0.1) is 6.20 Å². The minimum Gasteiger partial charge on any atom is -0.343 e. The molecule has 0 aliphatic carbocycles. The van der Waals surface area contributed by atoms with Crippen molar-refractivity contribution in [2.24, 2.45) is 0 Å². The number of piperazine rings is 1. The number of hydrogen-bond acceptors (Lipinski definition) is 4. The second kappa shape index (κ2) is 6.53. The molecule has 2 aliphatic rings. The lowest BCUT2D eigenvalue weighted by Crippen LogP contribution is -2.60. The number of halogens is 1. The van der Waals surface area contributed by atoms with Gasteiger partial charge < -0.3 is 15.5 Å². The standard InChI is InChI=1S/C18H20FN5O2/c1-11-18(26)23-10-13(6-16(23)17(25)22-11)20-7-12-8-21-24(9-12)15-5-3-2-4-14(15)19/h2-5,8-9,11,13,16,20H,6-7,10H2,1H3,(H,22,25)/t11-,13+,16+/m1/s1. The van der Waals surface area contributed by atoms with Crippen LogP contribution in [0.25, 0.3) is 5.69 Å². The van der Waals surface area contributed by atoms with Crippen molar-refractivity contribution in [3.05, 3.63) is 48.0 Å². The lowest BCUT2D eigenvalue weighted by Gasteiger charge is -2.32. The molecule has 2 fully saturated rings. The quantitative estimate of drug-likeness (QED) is 0.839. The van der Waals surface area contributed by atoms with Gasteiger partial charge in [-0.15, -0.1) is 0 Å². The summed E-state index contributed by atoms with van der Waals surface area (Å²) in [5.41, 5.74) is 1.30. The maximum Gasteiger partial charge on any atom is 0.245 e. The van der Waals surface area contributed by atoms with Gasteiger partial charge in [0, 0.05) is 30.9 Å². The van der Waals surface area contributed by atoms with Crippen LogP contribution in [0, 0.1) is 5.82 Å². The Labute approximate surface area is 150 Å². The monoisotopic (exact) mass is 357 g/mol. The molecule has 0 radical (unpaired) electrons. The largest absolute Gasteiger partial charge is 0.343 e. The first-order valence-corrected chi connectivity index (χ1v) is 8.65. The van der Waals surface area contributed by atoms with Gasteiger partial charge in [-0.05, 0) is 25.5 Å². The molecule has 1 aromatic heterocycles. The molecule has 1 aromatic carbocycles. The van der Waals surface area contributed by atoms with E-state index in [4.69, 9.17) is 0 Å². The molecular formula is C18H20FN5O2. The number of nitrogens with zero attached hydrogens (tertiary/aromatic N) is 3. The van der Waals surface area contributed by atoms with Crippen LogP contribution in [0.4, 0.5) is 4.39 Å². The lowest BCUT2D eigenvalue weighted by atomic mass is 10.1. The molecule has 4 rings (SSSR count). The van der Waals surface area contributed by atoms with Crippen molar-refractivity contribution < 1.29 is 14.0 Å². The first-order chi connectivity index (χ1) is 12.5. The zero-order chi connectivity index (χ0) is 18.3. The van der Waals surface area contributed by atoms with Gasteiger partial charge in [0.25, 0.3) is 0 Å². The van der Waals surface area contributed by atoms with Crippen LogP contribution in [0.1, 0.15) is 18.9 Å². The van der Waals surface area contributed by atoms with Crippen molar-refractivity contribution in [1.82, 2.24) is 25.3 Å². The van der Waals surface area contributed by atoms with E-state index >= 15 is 0 Å². The SMILES string of the molecule is C[C@H]1NC(=O)[C@@H]2C[C@H](NCc3cnn(-c4ccccc4F)c3)CN2C1=O. The van der Waals surface area contributed by atoms with Crippen molar-refractivity contribution in [1.29, 1.82) is 0 Å². The number of nitrogens with one attached hydrogen (secondary N) is 2. The molecule has 2 aromatic rings. The highest BCUT2D eigenvalue weighted by molar-refractivity contribution is 5.97. The molecule has 2 N–H and O–H groups in total. The number of rotatable bonds is 4. The molecular weight excluding hydrogens is 337 g/mol. The number of amides is 2. The molecule has 2 amide bonds. The molecule has 136 valence electrons. The topological polar surface area (TPSA) is 79.3 Å². The second-order valence-corrected chi connectivity index (χ2v) is 6.79. The summed E-state index contributed by atoms with van der Waals surface area (Å²) in [6, 6.07) is 5.64. The fraction of sp³-hybridized carbons (Fsp3) is 0.389. The van der Waals surface area contributed by atoms with E-state index < -0.39 is 12.1 Å². The van der Waals surface area contributed by atoms with Gasteiger partial charge in [0.15, 0.2) is 0 Å². The maximum atomic E-state index is 13.8. The predicted octanol–water partition coefficient (Wildman–Crippen LogP) is 0.589. The normalized spacial score (nSPS) is 25.3. The minimum absolute atomic E-state index is 0.0359. The number of hydrogen-bond donors (Lipinski definition) is 2. The Hall–Kier alpha value is -2.74. The van der Waals surface area contributed by atoms with Crippen LogP contribution < -0.4 is 10.6 Å². The fourth-order valence-corrected chi connectivity index (χ4v) is 3.58.